The van der Waals surface area contributed by atoms with Crippen LogP contribution in [0, 0.1) is 6.92 Å². The summed E-state index contributed by atoms with van der Waals surface area (Å²) >= 11 is 0. The molecule has 86 valence electrons. The third-order valence-corrected chi connectivity index (χ3v) is 2.85. The lowest BCUT2D eigenvalue weighted by atomic mass is 10.0. The standard InChI is InChI=1S/C15H15NO/c1-3-12-6-8-13(9-7-12)15(17)14-11(2)5-4-10-16-14/h4-10H,3H2,1-2H3. The van der Waals surface area contributed by atoms with Crippen molar-refractivity contribution in [1.29, 1.82) is 0 Å². The Balaban J connectivity index is 2.34. The van der Waals surface area contributed by atoms with Crippen molar-refractivity contribution in [3.63, 3.8) is 0 Å². The summed E-state index contributed by atoms with van der Waals surface area (Å²) in [5.74, 6) is -0.00856. The SMILES string of the molecule is CCc1ccc(C(=O)c2ncccc2C)cc1. The lowest BCUT2D eigenvalue weighted by molar-refractivity contribution is 0.103. The molecule has 17 heavy (non-hydrogen) atoms. The molecule has 2 nitrogen and oxygen atoms in total. The van der Waals surface area contributed by atoms with Crippen molar-refractivity contribution in [3.05, 3.63) is 65.0 Å². The molecule has 0 saturated heterocycles. The van der Waals surface area contributed by atoms with Crippen LogP contribution < -0.4 is 0 Å². The predicted molar refractivity (Wildman–Crippen MR) is 68.2 cm³/mol. The highest BCUT2D eigenvalue weighted by molar-refractivity contribution is 6.08. The summed E-state index contributed by atoms with van der Waals surface area (Å²) < 4.78 is 0. The molecule has 0 atom stereocenters. The molecule has 2 aromatic rings. The van der Waals surface area contributed by atoms with E-state index in [2.05, 4.69) is 11.9 Å². The van der Waals surface area contributed by atoms with Crippen LogP contribution in [-0.2, 0) is 6.42 Å². The van der Waals surface area contributed by atoms with Crippen molar-refractivity contribution in [2.45, 2.75) is 20.3 Å². The van der Waals surface area contributed by atoms with Crippen molar-refractivity contribution >= 4 is 5.78 Å². The van der Waals surface area contributed by atoms with Gasteiger partial charge >= 0.3 is 0 Å². The van der Waals surface area contributed by atoms with Crippen LogP contribution in [0.3, 0.4) is 0 Å². The monoisotopic (exact) mass is 225 g/mol. The van der Waals surface area contributed by atoms with E-state index in [-0.39, 0.29) is 5.78 Å². The number of nitrogens with zero attached hydrogens (tertiary/aromatic N) is 1. The van der Waals surface area contributed by atoms with E-state index in [1.54, 1.807) is 6.20 Å². The number of ketones is 1. The van der Waals surface area contributed by atoms with Gasteiger partial charge in [-0.25, -0.2) is 0 Å². The minimum absolute atomic E-state index is 0.00856. The maximum absolute atomic E-state index is 12.2. The molecule has 0 unspecified atom stereocenters. The summed E-state index contributed by atoms with van der Waals surface area (Å²) in [6, 6.07) is 11.5. The molecule has 1 aromatic carbocycles. The quantitative estimate of drug-likeness (QED) is 0.751. The van der Waals surface area contributed by atoms with Gasteiger partial charge in [0.1, 0.15) is 5.69 Å². The number of rotatable bonds is 3. The molecule has 0 saturated carbocycles. The number of aryl methyl sites for hydroxylation is 2. The van der Waals surface area contributed by atoms with Gasteiger partial charge in [-0.1, -0.05) is 37.3 Å². The van der Waals surface area contributed by atoms with E-state index in [1.165, 1.54) is 5.56 Å². The molecular weight excluding hydrogens is 210 g/mol. The van der Waals surface area contributed by atoms with Crippen LogP contribution in [0.4, 0.5) is 0 Å². The van der Waals surface area contributed by atoms with Gasteiger partial charge in [0.05, 0.1) is 0 Å². The second-order valence-electron chi connectivity index (χ2n) is 4.05. The van der Waals surface area contributed by atoms with Crippen LogP contribution in [-0.4, -0.2) is 10.8 Å². The molecule has 0 aliphatic rings. The Morgan fingerprint density at radius 2 is 1.88 bits per heavy atom. The zero-order chi connectivity index (χ0) is 12.3. The Bertz CT molecular complexity index is 529. The molecule has 1 heterocycles. The zero-order valence-corrected chi connectivity index (χ0v) is 10.1. The van der Waals surface area contributed by atoms with E-state index >= 15 is 0 Å². The number of hydrogen-bond donors (Lipinski definition) is 0. The first-order valence-electron chi connectivity index (χ1n) is 5.77. The van der Waals surface area contributed by atoms with E-state index in [9.17, 15) is 4.79 Å². The van der Waals surface area contributed by atoms with Gasteiger partial charge in [-0.05, 0) is 30.5 Å². The van der Waals surface area contributed by atoms with Crippen molar-refractivity contribution in [2.75, 3.05) is 0 Å². The number of aromatic nitrogens is 1. The number of carbonyl (C=O) groups is 1. The van der Waals surface area contributed by atoms with Crippen LogP contribution in [0.1, 0.15) is 34.1 Å². The van der Waals surface area contributed by atoms with Gasteiger partial charge in [0.15, 0.2) is 0 Å². The smallest absolute Gasteiger partial charge is 0.211 e. The van der Waals surface area contributed by atoms with E-state index in [4.69, 9.17) is 0 Å². The number of hydrogen-bond acceptors (Lipinski definition) is 2. The maximum atomic E-state index is 12.2. The topological polar surface area (TPSA) is 30.0 Å². The third-order valence-electron chi connectivity index (χ3n) is 2.85. The van der Waals surface area contributed by atoms with Gasteiger partial charge in [0, 0.05) is 11.8 Å². The first-order valence-corrected chi connectivity index (χ1v) is 5.77. The minimum Gasteiger partial charge on any atom is -0.287 e. The van der Waals surface area contributed by atoms with Gasteiger partial charge in [-0.3, -0.25) is 9.78 Å². The normalized spacial score (nSPS) is 10.2. The molecule has 0 amide bonds. The maximum Gasteiger partial charge on any atom is 0.211 e. The van der Waals surface area contributed by atoms with E-state index < -0.39 is 0 Å². The van der Waals surface area contributed by atoms with Gasteiger partial charge in [-0.2, -0.15) is 0 Å². The van der Waals surface area contributed by atoms with Gasteiger partial charge in [0.2, 0.25) is 5.78 Å². The second kappa shape index (κ2) is 4.91. The first-order chi connectivity index (χ1) is 8.22. The van der Waals surface area contributed by atoms with E-state index in [1.807, 2.05) is 43.3 Å². The Labute approximate surface area is 101 Å². The van der Waals surface area contributed by atoms with Crippen molar-refractivity contribution in [1.82, 2.24) is 4.98 Å². The summed E-state index contributed by atoms with van der Waals surface area (Å²) in [7, 11) is 0. The fraction of sp³-hybridized carbons (Fsp3) is 0.200. The summed E-state index contributed by atoms with van der Waals surface area (Å²) in [5, 5.41) is 0. The molecule has 0 radical (unpaired) electrons. The molecule has 0 aliphatic carbocycles. The molecular formula is C15H15NO. The van der Waals surface area contributed by atoms with Crippen LogP contribution in [0.25, 0.3) is 0 Å². The summed E-state index contributed by atoms with van der Waals surface area (Å²) in [6.45, 7) is 4.00. The van der Waals surface area contributed by atoms with Gasteiger partial charge < -0.3 is 0 Å². The van der Waals surface area contributed by atoms with Crippen molar-refractivity contribution in [2.24, 2.45) is 0 Å². The summed E-state index contributed by atoms with van der Waals surface area (Å²) in [5.41, 5.74) is 3.39. The first kappa shape index (κ1) is 11.5. The van der Waals surface area contributed by atoms with Gasteiger partial charge in [-0.15, -0.1) is 0 Å². The molecule has 0 aliphatic heterocycles. The average Bonchev–Trinajstić information content (AvgIpc) is 2.39. The Kier molecular flexibility index (Phi) is 3.33. The Morgan fingerprint density at radius 3 is 2.47 bits per heavy atom. The van der Waals surface area contributed by atoms with Crippen molar-refractivity contribution < 1.29 is 4.79 Å². The lowest BCUT2D eigenvalue weighted by Gasteiger charge is -2.04. The molecule has 0 bridgehead atoms. The highest BCUT2D eigenvalue weighted by Crippen LogP contribution is 2.12. The molecule has 0 spiro atoms. The number of benzene rings is 1. The molecule has 0 N–H and O–H groups in total. The third kappa shape index (κ3) is 2.41. The number of carbonyl (C=O) groups excluding carboxylic acids is 1. The lowest BCUT2D eigenvalue weighted by Crippen LogP contribution is -2.06. The van der Waals surface area contributed by atoms with E-state index in [0.717, 1.165) is 12.0 Å². The Morgan fingerprint density at radius 1 is 1.18 bits per heavy atom. The van der Waals surface area contributed by atoms with Crippen LogP contribution in [0.15, 0.2) is 42.6 Å². The largest absolute Gasteiger partial charge is 0.287 e. The summed E-state index contributed by atoms with van der Waals surface area (Å²) in [6.07, 6.45) is 2.64. The van der Waals surface area contributed by atoms with E-state index in [0.29, 0.717) is 11.3 Å². The predicted octanol–water partition coefficient (Wildman–Crippen LogP) is 3.18. The zero-order valence-electron chi connectivity index (χ0n) is 10.1. The second-order valence-corrected chi connectivity index (χ2v) is 4.05. The van der Waals surface area contributed by atoms with Gasteiger partial charge in [0.25, 0.3) is 0 Å². The molecule has 2 heteroatoms. The fourth-order valence-corrected chi connectivity index (χ4v) is 1.75. The molecule has 0 fully saturated rings. The Hall–Kier alpha value is -1.96. The van der Waals surface area contributed by atoms with Crippen LogP contribution in [0.5, 0.6) is 0 Å². The van der Waals surface area contributed by atoms with Crippen molar-refractivity contribution in [3.8, 4) is 0 Å². The molecule has 2 rings (SSSR count). The summed E-state index contributed by atoms with van der Waals surface area (Å²) in [4.78, 5) is 16.4. The number of pyridine rings is 1. The highest BCUT2D eigenvalue weighted by atomic mass is 16.1. The molecule has 1 aromatic heterocycles. The highest BCUT2D eigenvalue weighted by Gasteiger charge is 2.12. The minimum atomic E-state index is -0.00856. The average molecular weight is 225 g/mol. The fourth-order valence-electron chi connectivity index (χ4n) is 1.75. The van der Waals surface area contributed by atoms with Crippen LogP contribution >= 0.6 is 0 Å². The van der Waals surface area contributed by atoms with Crippen LogP contribution in [0.2, 0.25) is 0 Å².